The van der Waals surface area contributed by atoms with Crippen molar-refractivity contribution in [3.63, 3.8) is 0 Å². The van der Waals surface area contributed by atoms with Gasteiger partial charge in [-0.2, -0.15) is 0 Å². The summed E-state index contributed by atoms with van der Waals surface area (Å²) in [6.45, 7) is 2.45. The van der Waals surface area contributed by atoms with Crippen molar-refractivity contribution in [1.29, 1.82) is 0 Å². The molecule has 1 unspecified atom stereocenters. The van der Waals surface area contributed by atoms with Crippen molar-refractivity contribution in [1.82, 2.24) is 30.7 Å². The number of amides is 4. The molecular weight excluding hydrogens is 440 g/mol. The first-order valence-electron chi connectivity index (χ1n) is 10.5. The van der Waals surface area contributed by atoms with Crippen molar-refractivity contribution in [2.45, 2.75) is 37.5 Å². The molecule has 0 spiro atoms. The minimum atomic E-state index is -0.512. The molecule has 1 aromatic heterocycles. The van der Waals surface area contributed by atoms with Gasteiger partial charge in [-0.15, -0.1) is 10.2 Å². The maximum Gasteiger partial charge on any atom is 0.321 e. The van der Waals surface area contributed by atoms with E-state index in [1.165, 1.54) is 11.8 Å². The fourth-order valence-corrected chi connectivity index (χ4v) is 4.35. The lowest BCUT2D eigenvalue weighted by atomic mass is 10.1. The molecule has 9 nitrogen and oxygen atoms in total. The van der Waals surface area contributed by atoms with Crippen LogP contribution in [0.3, 0.4) is 0 Å². The molecule has 3 N–H and O–H groups in total. The number of nitrogens with zero attached hydrogens (tertiary/aromatic N) is 3. The second-order valence-electron chi connectivity index (χ2n) is 7.75. The quantitative estimate of drug-likeness (QED) is 0.440. The van der Waals surface area contributed by atoms with Gasteiger partial charge >= 0.3 is 6.03 Å². The lowest BCUT2D eigenvalue weighted by molar-refractivity contribution is -0.121. The second kappa shape index (κ2) is 10.3. The number of urea groups is 1. The molecule has 0 aliphatic carbocycles. The molecule has 4 rings (SSSR count). The molecule has 1 aliphatic heterocycles. The molecule has 10 heteroatoms. The van der Waals surface area contributed by atoms with E-state index in [4.69, 9.17) is 0 Å². The highest BCUT2D eigenvalue weighted by Crippen LogP contribution is 2.24. The first-order valence-corrected chi connectivity index (χ1v) is 11.5. The number of aryl methyl sites for hydroxylation is 1. The molecule has 0 bridgehead atoms. The lowest BCUT2D eigenvalue weighted by Gasteiger charge is -2.23. The summed E-state index contributed by atoms with van der Waals surface area (Å²) >= 11 is 1.29. The van der Waals surface area contributed by atoms with Crippen LogP contribution in [-0.4, -0.2) is 44.4 Å². The molecule has 0 saturated carbocycles. The summed E-state index contributed by atoms with van der Waals surface area (Å²) in [5.74, 6) is 0.350. The Balaban J connectivity index is 1.49. The summed E-state index contributed by atoms with van der Waals surface area (Å²) in [4.78, 5) is 35.8. The summed E-state index contributed by atoms with van der Waals surface area (Å²) in [6.07, 6.45) is 0.498. The van der Waals surface area contributed by atoms with E-state index in [2.05, 4.69) is 26.1 Å². The van der Waals surface area contributed by atoms with Crippen molar-refractivity contribution in [3.8, 4) is 5.69 Å². The van der Waals surface area contributed by atoms with E-state index >= 15 is 0 Å². The van der Waals surface area contributed by atoms with Gasteiger partial charge in [-0.3, -0.25) is 19.5 Å². The Morgan fingerprint density at radius 1 is 1.15 bits per heavy atom. The number of carbonyl (C=O) groups excluding carboxylic acids is 3. The average Bonchev–Trinajstić information content (AvgIpc) is 3.18. The molecule has 170 valence electrons. The van der Waals surface area contributed by atoms with Crippen LogP contribution in [0, 0.1) is 6.92 Å². The van der Waals surface area contributed by atoms with Crippen LogP contribution in [0.4, 0.5) is 4.79 Å². The minimum Gasteiger partial charge on any atom is -0.351 e. The standard InChI is InChI=1S/C23H24N6O3S/c1-15-6-5-9-18(10-15)29-19(11-17-12-20(30)26-22(32)25-17)27-28-23(29)33-14-21(31)24-13-16-7-3-2-4-8-16/h2-10,17H,11-14H2,1H3,(H,24,31)(H2,25,26,30,32). The number of aromatic nitrogens is 3. The number of rotatable bonds is 8. The number of nitrogens with one attached hydrogen (secondary N) is 3. The summed E-state index contributed by atoms with van der Waals surface area (Å²) in [7, 11) is 0. The molecule has 1 aliphatic rings. The number of thioether (sulfide) groups is 1. The number of hydrogen-bond donors (Lipinski definition) is 3. The van der Waals surface area contributed by atoms with E-state index in [0.717, 1.165) is 16.8 Å². The van der Waals surface area contributed by atoms with Crippen LogP contribution >= 0.6 is 11.8 Å². The van der Waals surface area contributed by atoms with Gasteiger partial charge < -0.3 is 10.6 Å². The Hall–Kier alpha value is -3.66. The molecule has 1 saturated heterocycles. The fourth-order valence-electron chi connectivity index (χ4n) is 3.55. The number of carbonyl (C=O) groups is 3. The first kappa shape index (κ1) is 22.5. The van der Waals surface area contributed by atoms with E-state index < -0.39 is 6.03 Å². The first-order chi connectivity index (χ1) is 16.0. The van der Waals surface area contributed by atoms with Crippen molar-refractivity contribution >= 4 is 29.6 Å². The van der Waals surface area contributed by atoms with Crippen molar-refractivity contribution in [2.24, 2.45) is 0 Å². The van der Waals surface area contributed by atoms with Gasteiger partial charge in [0.25, 0.3) is 0 Å². The molecular formula is C23H24N6O3S. The summed E-state index contributed by atoms with van der Waals surface area (Å²) in [5, 5.41) is 17.1. The smallest absolute Gasteiger partial charge is 0.321 e. The van der Waals surface area contributed by atoms with Crippen LogP contribution in [0.15, 0.2) is 59.8 Å². The SMILES string of the molecule is Cc1cccc(-n2c(CC3CC(=O)NC(=O)N3)nnc2SCC(=O)NCc2ccccc2)c1. The van der Waals surface area contributed by atoms with Crippen LogP contribution < -0.4 is 16.0 Å². The minimum absolute atomic E-state index is 0.111. The molecule has 0 radical (unpaired) electrons. The van der Waals surface area contributed by atoms with E-state index in [-0.39, 0.29) is 30.0 Å². The molecule has 33 heavy (non-hydrogen) atoms. The van der Waals surface area contributed by atoms with Crippen LogP contribution in [0.5, 0.6) is 0 Å². The van der Waals surface area contributed by atoms with Gasteiger partial charge in [0.15, 0.2) is 5.16 Å². The molecule has 3 aromatic rings. The average molecular weight is 465 g/mol. The van der Waals surface area contributed by atoms with Gasteiger partial charge in [0.05, 0.1) is 5.75 Å². The Morgan fingerprint density at radius 2 is 1.97 bits per heavy atom. The molecule has 1 atom stereocenters. The summed E-state index contributed by atoms with van der Waals surface area (Å²) in [6, 6.07) is 16.7. The second-order valence-corrected chi connectivity index (χ2v) is 8.69. The predicted molar refractivity (Wildman–Crippen MR) is 124 cm³/mol. The topological polar surface area (TPSA) is 118 Å². The molecule has 2 heterocycles. The van der Waals surface area contributed by atoms with Gasteiger partial charge in [0.1, 0.15) is 5.82 Å². The largest absolute Gasteiger partial charge is 0.351 e. The fraction of sp³-hybridized carbons (Fsp3) is 0.261. The zero-order valence-corrected chi connectivity index (χ0v) is 18.9. The highest BCUT2D eigenvalue weighted by molar-refractivity contribution is 7.99. The third-order valence-electron chi connectivity index (χ3n) is 5.07. The van der Waals surface area contributed by atoms with E-state index in [9.17, 15) is 14.4 Å². The summed E-state index contributed by atoms with van der Waals surface area (Å²) in [5.41, 5.74) is 2.95. The normalized spacial score (nSPS) is 15.6. The maximum absolute atomic E-state index is 12.4. The third kappa shape index (κ3) is 5.98. The Kier molecular flexibility index (Phi) is 7.04. The van der Waals surface area contributed by atoms with Gasteiger partial charge in [-0.05, 0) is 30.2 Å². The van der Waals surface area contributed by atoms with Crippen molar-refractivity contribution in [2.75, 3.05) is 5.75 Å². The molecule has 2 aromatic carbocycles. The zero-order chi connectivity index (χ0) is 23.2. The Bertz CT molecular complexity index is 1150. The van der Waals surface area contributed by atoms with Crippen LogP contribution in [0.1, 0.15) is 23.4 Å². The van der Waals surface area contributed by atoms with Crippen LogP contribution in [0.25, 0.3) is 5.69 Å². The molecule has 4 amide bonds. The highest BCUT2D eigenvalue weighted by atomic mass is 32.2. The number of imide groups is 1. The predicted octanol–water partition coefficient (Wildman–Crippen LogP) is 2.12. The van der Waals surface area contributed by atoms with E-state index in [0.29, 0.717) is 23.9 Å². The van der Waals surface area contributed by atoms with Crippen LogP contribution in [0.2, 0.25) is 0 Å². The van der Waals surface area contributed by atoms with E-state index in [1.54, 1.807) is 0 Å². The van der Waals surface area contributed by atoms with E-state index in [1.807, 2.05) is 66.1 Å². The Labute approximate surface area is 195 Å². The maximum atomic E-state index is 12.4. The number of benzene rings is 2. The van der Waals surface area contributed by atoms with Crippen molar-refractivity contribution < 1.29 is 14.4 Å². The van der Waals surface area contributed by atoms with Gasteiger partial charge in [0.2, 0.25) is 11.8 Å². The molecule has 1 fully saturated rings. The van der Waals surface area contributed by atoms with Crippen LogP contribution in [-0.2, 0) is 22.6 Å². The third-order valence-corrected chi connectivity index (χ3v) is 6.00. The summed E-state index contributed by atoms with van der Waals surface area (Å²) < 4.78 is 1.88. The zero-order valence-electron chi connectivity index (χ0n) is 18.1. The lowest BCUT2D eigenvalue weighted by Crippen LogP contribution is -2.53. The monoisotopic (exact) mass is 464 g/mol. The van der Waals surface area contributed by atoms with Gasteiger partial charge in [0, 0.05) is 31.1 Å². The Morgan fingerprint density at radius 3 is 2.73 bits per heavy atom. The number of hydrogen-bond acceptors (Lipinski definition) is 6. The van der Waals surface area contributed by atoms with Gasteiger partial charge in [-0.25, -0.2) is 4.79 Å². The van der Waals surface area contributed by atoms with Gasteiger partial charge in [-0.1, -0.05) is 54.2 Å². The highest BCUT2D eigenvalue weighted by Gasteiger charge is 2.27. The van der Waals surface area contributed by atoms with Crippen molar-refractivity contribution in [3.05, 3.63) is 71.5 Å².